The maximum Gasteiger partial charge on any atom is 0.124 e. The number of aliphatic hydroxyl groups is 1. The minimum absolute atomic E-state index is 0.494. The summed E-state index contributed by atoms with van der Waals surface area (Å²) < 4.78 is 5.27. The molecule has 0 bridgehead atoms. The van der Waals surface area contributed by atoms with Gasteiger partial charge in [-0.05, 0) is 31.2 Å². The lowest BCUT2D eigenvalue weighted by Crippen LogP contribution is -2.25. The molecule has 1 N–H and O–H groups in total. The zero-order valence-corrected chi connectivity index (χ0v) is 10.9. The molecule has 1 fully saturated rings. The van der Waals surface area contributed by atoms with E-state index in [9.17, 15) is 10.4 Å². The average Bonchev–Trinajstić information content (AvgIpc) is 2.80. The molecule has 18 heavy (non-hydrogen) atoms. The molecule has 1 aromatic rings. The van der Waals surface area contributed by atoms with E-state index in [4.69, 9.17) is 4.74 Å². The molecule has 0 aromatic heterocycles. The van der Waals surface area contributed by atoms with Gasteiger partial charge in [0.15, 0.2) is 0 Å². The van der Waals surface area contributed by atoms with Crippen molar-refractivity contribution in [2.24, 2.45) is 11.3 Å². The topological polar surface area (TPSA) is 53.2 Å². The van der Waals surface area contributed by atoms with Crippen LogP contribution in [0, 0.1) is 22.7 Å². The molecule has 0 spiro atoms. The van der Waals surface area contributed by atoms with Crippen molar-refractivity contribution in [3.8, 4) is 11.8 Å². The standard InChI is InChI=1S/C15H19NO2/c1-11-7-8-15(9-11,10-16)14(17)12-5-3-4-6-13(12)18-2/h3-6,11,14,17H,7-9H2,1-2H3. The Morgan fingerprint density at radius 1 is 1.50 bits per heavy atom. The monoisotopic (exact) mass is 245 g/mol. The molecule has 1 aromatic carbocycles. The predicted octanol–water partition coefficient (Wildman–Crippen LogP) is 3.06. The fraction of sp³-hybridized carbons (Fsp3) is 0.533. The number of rotatable bonds is 3. The van der Waals surface area contributed by atoms with Crippen LogP contribution in [0.3, 0.4) is 0 Å². The number of nitrogens with zero attached hydrogens (tertiary/aromatic N) is 1. The number of hydrogen-bond donors (Lipinski definition) is 1. The summed E-state index contributed by atoms with van der Waals surface area (Å²) in [6, 6.07) is 9.74. The summed E-state index contributed by atoms with van der Waals surface area (Å²) in [5.41, 5.74) is 0.0595. The van der Waals surface area contributed by atoms with Gasteiger partial charge >= 0.3 is 0 Å². The van der Waals surface area contributed by atoms with Gasteiger partial charge in [-0.15, -0.1) is 0 Å². The zero-order chi connectivity index (χ0) is 13.2. The average molecular weight is 245 g/mol. The van der Waals surface area contributed by atoms with Crippen LogP contribution in [-0.2, 0) is 0 Å². The summed E-state index contributed by atoms with van der Waals surface area (Å²) >= 11 is 0. The van der Waals surface area contributed by atoms with Crippen LogP contribution in [0.2, 0.25) is 0 Å². The van der Waals surface area contributed by atoms with Gasteiger partial charge in [0.05, 0.1) is 18.6 Å². The highest BCUT2D eigenvalue weighted by Gasteiger charge is 2.45. The van der Waals surface area contributed by atoms with Crippen LogP contribution in [0.4, 0.5) is 0 Å². The zero-order valence-electron chi connectivity index (χ0n) is 10.9. The first-order valence-corrected chi connectivity index (χ1v) is 6.35. The molecular weight excluding hydrogens is 226 g/mol. The molecular formula is C15H19NO2. The number of benzene rings is 1. The van der Waals surface area contributed by atoms with E-state index in [0.717, 1.165) is 24.8 Å². The third-order valence-corrected chi connectivity index (χ3v) is 3.98. The lowest BCUT2D eigenvalue weighted by molar-refractivity contribution is 0.0625. The summed E-state index contributed by atoms with van der Waals surface area (Å²) in [6.45, 7) is 2.13. The van der Waals surface area contributed by atoms with Crippen LogP contribution >= 0.6 is 0 Å². The van der Waals surface area contributed by atoms with Crippen molar-refractivity contribution in [2.75, 3.05) is 7.11 Å². The molecule has 0 saturated heterocycles. The van der Waals surface area contributed by atoms with Crippen LogP contribution in [0.1, 0.15) is 37.9 Å². The quantitative estimate of drug-likeness (QED) is 0.890. The van der Waals surface area contributed by atoms with Crippen LogP contribution < -0.4 is 4.74 Å². The summed E-state index contributed by atoms with van der Waals surface area (Å²) in [4.78, 5) is 0. The predicted molar refractivity (Wildman–Crippen MR) is 69.0 cm³/mol. The maximum atomic E-state index is 10.6. The van der Waals surface area contributed by atoms with Gasteiger partial charge in [-0.2, -0.15) is 5.26 Å². The highest BCUT2D eigenvalue weighted by atomic mass is 16.5. The van der Waals surface area contributed by atoms with Crippen LogP contribution in [0.5, 0.6) is 5.75 Å². The van der Waals surface area contributed by atoms with Crippen molar-refractivity contribution < 1.29 is 9.84 Å². The van der Waals surface area contributed by atoms with Crippen molar-refractivity contribution in [3.63, 3.8) is 0 Å². The van der Waals surface area contributed by atoms with Gasteiger partial charge in [0, 0.05) is 5.56 Å². The first kappa shape index (κ1) is 12.9. The van der Waals surface area contributed by atoms with Gasteiger partial charge in [0.1, 0.15) is 11.9 Å². The van der Waals surface area contributed by atoms with Crippen LogP contribution in [0.25, 0.3) is 0 Å². The third-order valence-electron chi connectivity index (χ3n) is 3.98. The molecule has 3 heteroatoms. The van der Waals surface area contributed by atoms with Gasteiger partial charge in [-0.1, -0.05) is 25.1 Å². The van der Waals surface area contributed by atoms with E-state index < -0.39 is 11.5 Å². The second-order valence-corrected chi connectivity index (χ2v) is 5.26. The molecule has 0 aliphatic heterocycles. The maximum absolute atomic E-state index is 10.6. The Morgan fingerprint density at radius 3 is 2.78 bits per heavy atom. The molecule has 1 aliphatic carbocycles. The van der Waals surface area contributed by atoms with Gasteiger partial charge in [0.2, 0.25) is 0 Å². The van der Waals surface area contributed by atoms with E-state index in [1.165, 1.54) is 0 Å². The van der Waals surface area contributed by atoms with Crippen molar-refractivity contribution >= 4 is 0 Å². The molecule has 2 rings (SSSR count). The normalized spacial score (nSPS) is 28.7. The first-order valence-electron chi connectivity index (χ1n) is 6.35. The number of methoxy groups -OCH3 is 1. The summed E-state index contributed by atoms with van der Waals surface area (Å²) in [5.74, 6) is 1.15. The number of aliphatic hydroxyl groups excluding tert-OH is 1. The minimum Gasteiger partial charge on any atom is -0.496 e. The summed E-state index contributed by atoms with van der Waals surface area (Å²) in [7, 11) is 1.59. The molecule has 96 valence electrons. The number of hydrogen-bond acceptors (Lipinski definition) is 3. The van der Waals surface area contributed by atoms with Crippen LogP contribution in [0.15, 0.2) is 24.3 Å². The molecule has 3 unspecified atom stereocenters. The van der Waals surface area contributed by atoms with Gasteiger partial charge < -0.3 is 9.84 Å². The van der Waals surface area contributed by atoms with E-state index in [1.807, 2.05) is 24.3 Å². The lowest BCUT2D eigenvalue weighted by atomic mass is 9.78. The number of para-hydroxylation sites is 1. The van der Waals surface area contributed by atoms with E-state index >= 15 is 0 Å². The van der Waals surface area contributed by atoms with Crippen molar-refractivity contribution in [1.82, 2.24) is 0 Å². The Kier molecular flexibility index (Phi) is 3.58. The fourth-order valence-electron chi connectivity index (χ4n) is 2.93. The molecule has 1 aliphatic rings. The summed E-state index contributed by atoms with van der Waals surface area (Å²) in [6.07, 6.45) is 1.73. The Labute approximate surface area is 108 Å². The Bertz CT molecular complexity index is 466. The SMILES string of the molecule is COc1ccccc1C(O)C1(C#N)CCC(C)C1. The van der Waals surface area contributed by atoms with E-state index in [0.29, 0.717) is 11.7 Å². The number of nitriles is 1. The second kappa shape index (κ2) is 4.99. The van der Waals surface area contributed by atoms with Crippen molar-refractivity contribution in [2.45, 2.75) is 32.3 Å². The van der Waals surface area contributed by atoms with E-state index in [1.54, 1.807) is 7.11 Å². The summed E-state index contributed by atoms with van der Waals surface area (Å²) in [5, 5.41) is 20.1. The van der Waals surface area contributed by atoms with Crippen molar-refractivity contribution in [3.05, 3.63) is 29.8 Å². The molecule has 3 nitrogen and oxygen atoms in total. The Morgan fingerprint density at radius 2 is 2.22 bits per heavy atom. The highest BCUT2D eigenvalue weighted by molar-refractivity contribution is 5.37. The third kappa shape index (κ3) is 2.09. The fourth-order valence-corrected chi connectivity index (χ4v) is 2.93. The van der Waals surface area contributed by atoms with Crippen LogP contribution in [-0.4, -0.2) is 12.2 Å². The van der Waals surface area contributed by atoms with E-state index in [2.05, 4.69) is 13.0 Å². The van der Waals surface area contributed by atoms with Gasteiger partial charge in [0.25, 0.3) is 0 Å². The molecule has 0 amide bonds. The molecule has 1 saturated carbocycles. The Hall–Kier alpha value is -1.53. The molecule has 3 atom stereocenters. The largest absolute Gasteiger partial charge is 0.496 e. The number of ether oxygens (including phenoxy) is 1. The second-order valence-electron chi connectivity index (χ2n) is 5.26. The smallest absolute Gasteiger partial charge is 0.124 e. The minimum atomic E-state index is -0.774. The van der Waals surface area contributed by atoms with Crippen molar-refractivity contribution in [1.29, 1.82) is 5.26 Å². The molecule has 0 radical (unpaired) electrons. The van der Waals surface area contributed by atoms with Gasteiger partial charge in [-0.25, -0.2) is 0 Å². The van der Waals surface area contributed by atoms with E-state index in [-0.39, 0.29) is 0 Å². The lowest BCUT2D eigenvalue weighted by Gasteiger charge is -2.28. The Balaban J connectivity index is 2.36. The first-order chi connectivity index (χ1) is 8.63. The highest BCUT2D eigenvalue weighted by Crippen LogP contribution is 2.50. The van der Waals surface area contributed by atoms with Gasteiger partial charge in [-0.3, -0.25) is 0 Å². The molecule has 0 heterocycles.